The Hall–Kier alpha value is -0.110. The molecule has 72 valence electrons. The van der Waals surface area contributed by atoms with Crippen molar-refractivity contribution in [1.82, 2.24) is 0 Å². The van der Waals surface area contributed by atoms with E-state index in [2.05, 4.69) is 0 Å². The fourth-order valence-electron chi connectivity index (χ4n) is 1.99. The molecule has 0 saturated heterocycles. The Morgan fingerprint density at radius 1 is 1.50 bits per heavy atom. The molecule has 1 aliphatic carbocycles. The molecule has 0 aromatic rings. The summed E-state index contributed by atoms with van der Waals surface area (Å²) in [4.78, 5) is 0. The van der Waals surface area contributed by atoms with E-state index in [-0.39, 0.29) is 6.04 Å². The van der Waals surface area contributed by atoms with E-state index < -0.39 is 6.17 Å². The van der Waals surface area contributed by atoms with E-state index in [1.165, 1.54) is 6.42 Å². The van der Waals surface area contributed by atoms with Gasteiger partial charge in [0.1, 0.15) is 6.17 Å². The van der Waals surface area contributed by atoms with Crippen LogP contribution in [0.1, 0.15) is 45.4 Å². The summed E-state index contributed by atoms with van der Waals surface area (Å²) in [6, 6.07) is 0.282. The van der Waals surface area contributed by atoms with Gasteiger partial charge in [0, 0.05) is 6.04 Å². The van der Waals surface area contributed by atoms with E-state index in [4.69, 9.17) is 5.73 Å². The molecule has 1 saturated carbocycles. The second-order valence-electron chi connectivity index (χ2n) is 4.18. The summed E-state index contributed by atoms with van der Waals surface area (Å²) in [5, 5.41) is 0. The van der Waals surface area contributed by atoms with Gasteiger partial charge in [0.15, 0.2) is 0 Å². The Morgan fingerprint density at radius 3 is 2.83 bits per heavy atom. The van der Waals surface area contributed by atoms with Crippen molar-refractivity contribution in [2.45, 2.75) is 57.7 Å². The van der Waals surface area contributed by atoms with Crippen LogP contribution in [0.4, 0.5) is 4.39 Å². The third-order valence-corrected chi connectivity index (χ3v) is 2.75. The van der Waals surface area contributed by atoms with Gasteiger partial charge in [0.25, 0.3) is 0 Å². The average molecular weight is 173 g/mol. The maximum Gasteiger partial charge on any atom is 0.100 e. The van der Waals surface area contributed by atoms with Gasteiger partial charge in [0.05, 0.1) is 0 Å². The normalized spacial score (nSPS) is 33.2. The average Bonchev–Trinajstić information content (AvgIpc) is 2.01. The molecule has 0 aliphatic heterocycles. The topological polar surface area (TPSA) is 26.0 Å². The molecule has 0 aromatic heterocycles. The van der Waals surface area contributed by atoms with Crippen molar-refractivity contribution >= 4 is 0 Å². The molecular formula is C10H20FN. The zero-order valence-electron chi connectivity index (χ0n) is 7.93. The van der Waals surface area contributed by atoms with E-state index in [9.17, 15) is 4.39 Å². The number of alkyl halides is 1. The molecule has 3 unspecified atom stereocenters. The van der Waals surface area contributed by atoms with E-state index in [0.717, 1.165) is 32.1 Å². The van der Waals surface area contributed by atoms with E-state index >= 15 is 0 Å². The van der Waals surface area contributed by atoms with E-state index in [0.29, 0.717) is 5.92 Å². The van der Waals surface area contributed by atoms with Crippen molar-refractivity contribution in [1.29, 1.82) is 0 Å². The van der Waals surface area contributed by atoms with E-state index in [1.807, 2.05) is 6.92 Å². The highest BCUT2D eigenvalue weighted by molar-refractivity contribution is 4.73. The molecule has 0 radical (unpaired) electrons. The Morgan fingerprint density at radius 2 is 2.25 bits per heavy atom. The fraction of sp³-hybridized carbons (Fsp3) is 1.00. The summed E-state index contributed by atoms with van der Waals surface area (Å²) in [5.41, 5.74) is 5.65. The quantitative estimate of drug-likeness (QED) is 0.697. The lowest BCUT2D eigenvalue weighted by Gasteiger charge is -2.24. The molecule has 0 aromatic carbocycles. The molecule has 0 bridgehead atoms. The molecule has 1 fully saturated rings. The number of hydrogen-bond acceptors (Lipinski definition) is 1. The number of halogens is 1. The van der Waals surface area contributed by atoms with Crippen LogP contribution in [-0.4, -0.2) is 12.2 Å². The molecule has 12 heavy (non-hydrogen) atoms. The second-order valence-corrected chi connectivity index (χ2v) is 4.18. The monoisotopic (exact) mass is 173 g/mol. The van der Waals surface area contributed by atoms with Gasteiger partial charge in [0.2, 0.25) is 0 Å². The summed E-state index contributed by atoms with van der Waals surface area (Å²) in [6.07, 6.45) is 5.51. The van der Waals surface area contributed by atoms with Crippen LogP contribution in [0.25, 0.3) is 0 Å². The lowest BCUT2D eigenvalue weighted by atomic mass is 9.84. The number of rotatable bonds is 3. The molecule has 2 N–H and O–H groups in total. The molecule has 2 heteroatoms. The van der Waals surface area contributed by atoms with Gasteiger partial charge < -0.3 is 5.73 Å². The lowest BCUT2D eigenvalue weighted by molar-refractivity contribution is 0.189. The summed E-state index contributed by atoms with van der Waals surface area (Å²) in [7, 11) is 0. The zero-order valence-corrected chi connectivity index (χ0v) is 7.93. The maximum atomic E-state index is 12.9. The Kier molecular flexibility index (Phi) is 3.99. The van der Waals surface area contributed by atoms with Crippen molar-refractivity contribution in [3.05, 3.63) is 0 Å². The first-order valence-electron chi connectivity index (χ1n) is 5.08. The molecule has 0 amide bonds. The molecular weight excluding hydrogens is 153 g/mol. The van der Waals surface area contributed by atoms with Gasteiger partial charge >= 0.3 is 0 Å². The highest BCUT2D eigenvalue weighted by Gasteiger charge is 2.20. The second kappa shape index (κ2) is 4.80. The Balaban J connectivity index is 2.14. The van der Waals surface area contributed by atoms with Crippen LogP contribution in [0.2, 0.25) is 0 Å². The number of hydrogen-bond donors (Lipinski definition) is 1. The van der Waals surface area contributed by atoms with Gasteiger partial charge in [-0.2, -0.15) is 0 Å². The zero-order chi connectivity index (χ0) is 8.97. The van der Waals surface area contributed by atoms with Crippen molar-refractivity contribution in [2.24, 2.45) is 11.7 Å². The SMILES string of the molecule is CC(N)CCC1CCCC(F)C1. The Bertz CT molecular complexity index is 125. The molecule has 1 nitrogen and oxygen atoms in total. The highest BCUT2D eigenvalue weighted by Crippen LogP contribution is 2.29. The van der Waals surface area contributed by atoms with Crippen molar-refractivity contribution < 1.29 is 4.39 Å². The van der Waals surface area contributed by atoms with Crippen molar-refractivity contribution in [3.63, 3.8) is 0 Å². The number of nitrogens with two attached hydrogens (primary N) is 1. The summed E-state index contributed by atoms with van der Waals surface area (Å²) in [6.45, 7) is 2.02. The largest absolute Gasteiger partial charge is 0.328 e. The van der Waals surface area contributed by atoms with Crippen LogP contribution in [0, 0.1) is 5.92 Å². The van der Waals surface area contributed by atoms with Crippen molar-refractivity contribution in [3.8, 4) is 0 Å². The van der Waals surface area contributed by atoms with Crippen molar-refractivity contribution in [2.75, 3.05) is 0 Å². The van der Waals surface area contributed by atoms with Crippen LogP contribution in [-0.2, 0) is 0 Å². The summed E-state index contributed by atoms with van der Waals surface area (Å²) in [5.74, 6) is 0.611. The molecule has 0 heterocycles. The van der Waals surface area contributed by atoms with Crippen LogP contribution in [0.5, 0.6) is 0 Å². The first-order valence-corrected chi connectivity index (χ1v) is 5.08. The summed E-state index contributed by atoms with van der Waals surface area (Å²) >= 11 is 0. The minimum atomic E-state index is -0.531. The van der Waals surface area contributed by atoms with E-state index in [1.54, 1.807) is 0 Å². The predicted molar refractivity (Wildman–Crippen MR) is 49.7 cm³/mol. The van der Waals surface area contributed by atoms with Gasteiger partial charge in [-0.05, 0) is 38.5 Å². The standard InChI is InChI=1S/C10H20FN/c1-8(12)5-6-9-3-2-4-10(11)7-9/h8-10H,2-7,12H2,1H3. The maximum absolute atomic E-state index is 12.9. The molecule has 0 spiro atoms. The Labute approximate surface area is 74.5 Å². The van der Waals surface area contributed by atoms with Gasteiger partial charge in [-0.3, -0.25) is 0 Å². The smallest absolute Gasteiger partial charge is 0.100 e. The van der Waals surface area contributed by atoms with Gasteiger partial charge in [-0.25, -0.2) is 4.39 Å². The lowest BCUT2D eigenvalue weighted by Crippen LogP contribution is -2.20. The van der Waals surface area contributed by atoms with Crippen LogP contribution < -0.4 is 5.73 Å². The fourth-order valence-corrected chi connectivity index (χ4v) is 1.99. The molecule has 3 atom stereocenters. The molecule has 1 aliphatic rings. The van der Waals surface area contributed by atoms with Crippen LogP contribution in [0.3, 0.4) is 0 Å². The van der Waals surface area contributed by atoms with Gasteiger partial charge in [-0.15, -0.1) is 0 Å². The summed E-state index contributed by atoms with van der Waals surface area (Å²) < 4.78 is 12.9. The van der Waals surface area contributed by atoms with Crippen LogP contribution >= 0.6 is 0 Å². The van der Waals surface area contributed by atoms with Crippen LogP contribution in [0.15, 0.2) is 0 Å². The third kappa shape index (κ3) is 3.53. The van der Waals surface area contributed by atoms with Gasteiger partial charge in [-0.1, -0.05) is 12.8 Å². The third-order valence-electron chi connectivity index (χ3n) is 2.75. The molecule has 1 rings (SSSR count). The minimum Gasteiger partial charge on any atom is -0.328 e. The predicted octanol–water partition coefficient (Wildman–Crippen LogP) is 2.64. The minimum absolute atomic E-state index is 0.282. The first kappa shape index (κ1) is 9.97. The first-order chi connectivity index (χ1) is 5.68. The highest BCUT2D eigenvalue weighted by atomic mass is 19.1.